The number of hydrogen-bond donors (Lipinski definition) is 1. The van der Waals surface area contributed by atoms with E-state index in [1.54, 1.807) is 12.1 Å². The number of alkyl halides is 3. The van der Waals surface area contributed by atoms with E-state index < -0.39 is 11.9 Å². The van der Waals surface area contributed by atoms with E-state index >= 15 is 0 Å². The molecule has 2 nitrogen and oxygen atoms in total. The Balaban J connectivity index is 2.93. The summed E-state index contributed by atoms with van der Waals surface area (Å²) in [6.07, 6.45) is -4.51. The lowest BCUT2D eigenvalue weighted by molar-refractivity contribution is -0.141. The van der Waals surface area contributed by atoms with Gasteiger partial charge in [0.2, 0.25) is 0 Å². The van der Waals surface area contributed by atoms with Gasteiger partial charge in [-0.3, -0.25) is 0 Å². The van der Waals surface area contributed by atoms with Crippen molar-refractivity contribution in [3.8, 4) is 0 Å². The van der Waals surface area contributed by atoms with Crippen LogP contribution < -0.4 is 5.73 Å². The van der Waals surface area contributed by atoms with E-state index in [1.807, 2.05) is 0 Å². The predicted octanol–water partition coefficient (Wildman–Crippen LogP) is 4.67. The Morgan fingerprint density at radius 1 is 1.22 bits per heavy atom. The van der Waals surface area contributed by atoms with E-state index in [2.05, 4.69) is 36.8 Å². The molecule has 0 unspecified atom stereocenters. The summed E-state index contributed by atoms with van der Waals surface area (Å²) in [7, 11) is 0. The summed E-state index contributed by atoms with van der Waals surface area (Å²) in [5.74, 6) is 0. The number of aromatic nitrogens is 1. The van der Waals surface area contributed by atoms with Crippen LogP contribution >= 0.6 is 31.9 Å². The zero-order valence-electron chi connectivity index (χ0n) is 9.07. The normalized spacial score (nSPS) is 12.1. The molecule has 0 aliphatic heterocycles. The lowest BCUT2D eigenvalue weighted by Crippen LogP contribution is -2.12. The Morgan fingerprint density at radius 2 is 1.83 bits per heavy atom. The molecular weight excluding hydrogens is 377 g/mol. The van der Waals surface area contributed by atoms with Crippen LogP contribution in [0.3, 0.4) is 0 Å². The smallest absolute Gasteiger partial charge is 0.398 e. The van der Waals surface area contributed by atoms with Crippen molar-refractivity contribution in [3.63, 3.8) is 0 Å². The molecule has 2 rings (SSSR count). The summed E-state index contributed by atoms with van der Waals surface area (Å²) in [5.41, 5.74) is 5.06. The highest BCUT2D eigenvalue weighted by molar-refractivity contribution is 9.11. The van der Waals surface area contributed by atoms with Crippen molar-refractivity contribution in [2.45, 2.75) is 13.1 Å². The molecule has 0 fully saturated rings. The van der Waals surface area contributed by atoms with E-state index in [0.29, 0.717) is 9.86 Å². The van der Waals surface area contributed by atoms with Gasteiger partial charge in [0, 0.05) is 25.6 Å². The van der Waals surface area contributed by atoms with E-state index in [4.69, 9.17) is 5.73 Å². The number of hydrogen-bond acceptors (Lipinski definition) is 2. The fourth-order valence-corrected chi connectivity index (χ4v) is 3.00. The Kier molecular flexibility index (Phi) is 3.31. The van der Waals surface area contributed by atoms with Crippen LogP contribution in [0.25, 0.3) is 10.9 Å². The number of pyridine rings is 1. The third kappa shape index (κ3) is 2.21. The summed E-state index contributed by atoms with van der Waals surface area (Å²) in [4.78, 5) is 3.67. The number of fused-ring (bicyclic) bond motifs is 1. The van der Waals surface area contributed by atoms with Crippen LogP contribution in [0.1, 0.15) is 11.3 Å². The van der Waals surface area contributed by atoms with Crippen LogP contribution in [0.15, 0.2) is 21.1 Å². The summed E-state index contributed by atoms with van der Waals surface area (Å²) in [6, 6.07) is 3.28. The first kappa shape index (κ1) is 13.6. The quantitative estimate of drug-likeness (QED) is 0.717. The second kappa shape index (κ2) is 4.38. The van der Waals surface area contributed by atoms with Gasteiger partial charge in [-0.2, -0.15) is 13.2 Å². The Hall–Kier alpha value is -0.820. The number of nitrogen functional groups attached to an aromatic ring is 1. The second-order valence-electron chi connectivity index (χ2n) is 3.78. The van der Waals surface area contributed by atoms with Crippen molar-refractivity contribution in [1.29, 1.82) is 0 Å². The van der Waals surface area contributed by atoms with E-state index in [1.165, 1.54) is 6.92 Å². The Labute approximate surface area is 118 Å². The zero-order valence-corrected chi connectivity index (χ0v) is 12.2. The molecule has 0 aliphatic carbocycles. The van der Waals surface area contributed by atoms with Gasteiger partial charge in [-0.25, -0.2) is 4.98 Å². The Morgan fingerprint density at radius 3 is 2.39 bits per heavy atom. The molecule has 0 radical (unpaired) electrons. The van der Waals surface area contributed by atoms with Crippen molar-refractivity contribution < 1.29 is 13.2 Å². The maximum absolute atomic E-state index is 12.8. The number of halogens is 5. The maximum Gasteiger partial charge on any atom is 0.433 e. The summed E-state index contributed by atoms with van der Waals surface area (Å²) in [5, 5.41) is 0.488. The van der Waals surface area contributed by atoms with Gasteiger partial charge in [0.05, 0.1) is 5.52 Å². The van der Waals surface area contributed by atoms with Gasteiger partial charge >= 0.3 is 6.18 Å². The highest BCUT2D eigenvalue weighted by Crippen LogP contribution is 2.38. The van der Waals surface area contributed by atoms with Crippen LogP contribution in [0.5, 0.6) is 0 Å². The number of anilines is 1. The van der Waals surface area contributed by atoms with Crippen molar-refractivity contribution in [2.75, 3.05) is 5.73 Å². The fourth-order valence-electron chi connectivity index (χ4n) is 1.69. The molecule has 1 heterocycles. The van der Waals surface area contributed by atoms with Crippen molar-refractivity contribution in [3.05, 3.63) is 32.3 Å². The van der Waals surface area contributed by atoms with Crippen LogP contribution in [-0.2, 0) is 6.18 Å². The predicted molar refractivity (Wildman–Crippen MR) is 71.3 cm³/mol. The minimum Gasteiger partial charge on any atom is -0.398 e. The highest BCUT2D eigenvalue weighted by Gasteiger charge is 2.36. The van der Waals surface area contributed by atoms with E-state index in [0.717, 1.165) is 4.47 Å². The number of benzene rings is 1. The minimum absolute atomic E-state index is 0.0556. The van der Waals surface area contributed by atoms with Crippen LogP contribution in [0.4, 0.5) is 18.9 Å². The second-order valence-corrected chi connectivity index (χ2v) is 5.55. The lowest BCUT2D eigenvalue weighted by Gasteiger charge is -2.14. The number of rotatable bonds is 0. The molecule has 0 saturated heterocycles. The first-order chi connectivity index (χ1) is 8.21. The molecule has 18 heavy (non-hydrogen) atoms. The standard InChI is InChI=1S/C11H7Br2F3N2/c1-4-8(17)6-2-5(12)3-7(13)9(6)18-10(4)11(14,15)16/h2-3H,1H3,(H2,17,18). The first-order valence-corrected chi connectivity index (χ1v) is 6.42. The van der Waals surface area contributed by atoms with Gasteiger partial charge in [0.25, 0.3) is 0 Å². The summed E-state index contributed by atoms with van der Waals surface area (Å²) < 4.78 is 39.7. The van der Waals surface area contributed by atoms with Gasteiger partial charge in [-0.05, 0) is 35.0 Å². The lowest BCUT2D eigenvalue weighted by atomic mass is 10.1. The topological polar surface area (TPSA) is 38.9 Å². The molecular formula is C11H7Br2F3N2. The van der Waals surface area contributed by atoms with Gasteiger partial charge in [0.1, 0.15) is 5.69 Å². The molecule has 0 saturated carbocycles. The molecule has 96 valence electrons. The molecule has 1 aromatic carbocycles. The van der Waals surface area contributed by atoms with Crippen LogP contribution in [0, 0.1) is 6.92 Å². The highest BCUT2D eigenvalue weighted by atomic mass is 79.9. The molecule has 2 aromatic rings. The average Bonchev–Trinajstić information content (AvgIpc) is 2.22. The monoisotopic (exact) mass is 382 g/mol. The van der Waals surface area contributed by atoms with Gasteiger partial charge < -0.3 is 5.73 Å². The third-order valence-corrected chi connectivity index (χ3v) is 3.63. The third-order valence-electron chi connectivity index (χ3n) is 2.57. The van der Waals surface area contributed by atoms with Crippen molar-refractivity contribution in [1.82, 2.24) is 4.98 Å². The van der Waals surface area contributed by atoms with Gasteiger partial charge in [0.15, 0.2) is 0 Å². The molecule has 0 bridgehead atoms. The zero-order chi connectivity index (χ0) is 13.7. The molecule has 0 aliphatic rings. The van der Waals surface area contributed by atoms with Crippen molar-refractivity contribution in [2.24, 2.45) is 0 Å². The molecule has 0 spiro atoms. The van der Waals surface area contributed by atoms with Gasteiger partial charge in [-0.15, -0.1) is 0 Å². The minimum atomic E-state index is -4.51. The van der Waals surface area contributed by atoms with Crippen LogP contribution in [0.2, 0.25) is 0 Å². The largest absolute Gasteiger partial charge is 0.433 e. The SMILES string of the molecule is Cc1c(C(F)(F)F)nc2c(Br)cc(Br)cc2c1N. The molecule has 1 aromatic heterocycles. The first-order valence-electron chi connectivity index (χ1n) is 4.84. The van der Waals surface area contributed by atoms with E-state index in [-0.39, 0.29) is 16.8 Å². The number of nitrogens with two attached hydrogens (primary N) is 1. The molecule has 0 atom stereocenters. The fraction of sp³-hybridized carbons (Fsp3) is 0.182. The molecule has 2 N–H and O–H groups in total. The van der Waals surface area contributed by atoms with Crippen molar-refractivity contribution >= 4 is 48.5 Å². The maximum atomic E-state index is 12.8. The van der Waals surface area contributed by atoms with Gasteiger partial charge in [-0.1, -0.05) is 15.9 Å². The number of nitrogens with zero attached hydrogens (tertiary/aromatic N) is 1. The summed E-state index contributed by atoms with van der Waals surface area (Å²) in [6.45, 7) is 1.32. The Bertz CT molecular complexity index is 638. The molecule has 0 amide bonds. The summed E-state index contributed by atoms with van der Waals surface area (Å²) >= 11 is 6.46. The average molecular weight is 384 g/mol. The molecule has 7 heteroatoms. The van der Waals surface area contributed by atoms with Crippen LogP contribution in [-0.4, -0.2) is 4.98 Å². The van der Waals surface area contributed by atoms with E-state index in [9.17, 15) is 13.2 Å².